The van der Waals surface area contributed by atoms with E-state index in [2.05, 4.69) is 5.32 Å². The van der Waals surface area contributed by atoms with Gasteiger partial charge in [0.05, 0.1) is 23.1 Å². The van der Waals surface area contributed by atoms with Crippen LogP contribution in [0.1, 0.15) is 6.42 Å². The van der Waals surface area contributed by atoms with Crippen LogP contribution in [0.3, 0.4) is 0 Å². The number of anilines is 2. The van der Waals surface area contributed by atoms with Crippen molar-refractivity contribution in [3.8, 4) is 5.06 Å². The molecule has 9 nitrogen and oxygen atoms in total. The van der Waals surface area contributed by atoms with Crippen molar-refractivity contribution in [2.24, 2.45) is 0 Å². The summed E-state index contributed by atoms with van der Waals surface area (Å²) in [6.07, 6.45) is -1.35. The molecule has 2 aromatic rings. The third-order valence-corrected chi connectivity index (χ3v) is 6.17. The van der Waals surface area contributed by atoms with E-state index in [1.54, 1.807) is 30.1 Å². The lowest BCUT2D eigenvalue weighted by Crippen LogP contribution is -2.47. The molecule has 4 amide bonds. The zero-order chi connectivity index (χ0) is 22.8. The van der Waals surface area contributed by atoms with Gasteiger partial charge in [0.2, 0.25) is 0 Å². The van der Waals surface area contributed by atoms with Gasteiger partial charge in [0.25, 0.3) is 0 Å². The molecule has 3 heterocycles. The Kier molecular flexibility index (Phi) is 6.38. The minimum Gasteiger partial charge on any atom is -0.442 e. The summed E-state index contributed by atoms with van der Waals surface area (Å²) in [5, 5.41) is 2.84. The SMILES string of the molecule is CN1CCCN(c2ccc(N3C[C@H](CNC(=O)Oc4ccc(Cl)s4)OC3=O)c(F)c2)C1=O. The number of nitrogens with one attached hydrogen (secondary N) is 1. The van der Waals surface area contributed by atoms with Gasteiger partial charge in [0.1, 0.15) is 11.9 Å². The number of rotatable bonds is 5. The molecule has 1 atom stereocenters. The average Bonchev–Trinajstić information content (AvgIpc) is 3.33. The Morgan fingerprint density at radius 2 is 2.09 bits per heavy atom. The number of benzene rings is 1. The lowest BCUT2D eigenvalue weighted by Gasteiger charge is -2.33. The van der Waals surface area contributed by atoms with Gasteiger partial charge in [-0.15, -0.1) is 0 Å². The molecule has 2 saturated heterocycles. The number of nitrogens with zero attached hydrogens (tertiary/aromatic N) is 3. The maximum Gasteiger partial charge on any atom is 0.414 e. The molecule has 1 aromatic heterocycles. The summed E-state index contributed by atoms with van der Waals surface area (Å²) in [5.41, 5.74) is 0.458. The van der Waals surface area contributed by atoms with Crippen molar-refractivity contribution in [2.75, 3.05) is 43.0 Å². The summed E-state index contributed by atoms with van der Waals surface area (Å²) in [7, 11) is 1.69. The Morgan fingerprint density at radius 3 is 2.81 bits per heavy atom. The third-order valence-electron chi connectivity index (χ3n) is 5.06. The maximum absolute atomic E-state index is 14.8. The Bertz CT molecular complexity index is 1050. The number of halogens is 2. The van der Waals surface area contributed by atoms with Crippen molar-refractivity contribution in [3.05, 3.63) is 40.5 Å². The van der Waals surface area contributed by atoms with E-state index < -0.39 is 24.1 Å². The third kappa shape index (κ3) is 4.73. The molecule has 12 heteroatoms. The quantitative estimate of drug-likeness (QED) is 0.697. The minimum absolute atomic E-state index is 0.00546. The molecular weight excluding hydrogens is 463 g/mol. The van der Waals surface area contributed by atoms with E-state index in [4.69, 9.17) is 21.1 Å². The molecule has 4 rings (SSSR count). The van der Waals surface area contributed by atoms with Gasteiger partial charge < -0.3 is 19.7 Å². The van der Waals surface area contributed by atoms with Gasteiger partial charge >= 0.3 is 18.2 Å². The molecule has 2 aliphatic rings. The normalized spacial score (nSPS) is 18.7. The fourth-order valence-corrected chi connectivity index (χ4v) is 4.36. The number of carbonyl (C=O) groups is 3. The molecule has 0 aliphatic carbocycles. The van der Waals surface area contributed by atoms with Crippen LogP contribution in [0.15, 0.2) is 30.3 Å². The van der Waals surface area contributed by atoms with Crippen LogP contribution in [0, 0.1) is 5.82 Å². The van der Waals surface area contributed by atoms with Crippen LogP contribution in [0.4, 0.5) is 30.1 Å². The molecule has 0 bridgehead atoms. The molecule has 170 valence electrons. The van der Waals surface area contributed by atoms with Gasteiger partial charge in [-0.2, -0.15) is 0 Å². The lowest BCUT2D eigenvalue weighted by molar-refractivity contribution is 0.137. The van der Waals surface area contributed by atoms with Crippen LogP contribution in [0.5, 0.6) is 5.06 Å². The molecule has 0 spiro atoms. The van der Waals surface area contributed by atoms with Crippen LogP contribution >= 0.6 is 22.9 Å². The molecule has 2 fully saturated rings. The summed E-state index contributed by atoms with van der Waals surface area (Å²) in [6, 6.07) is 7.23. The van der Waals surface area contributed by atoms with Crippen LogP contribution in [-0.2, 0) is 4.74 Å². The second-order valence-electron chi connectivity index (χ2n) is 7.29. The van der Waals surface area contributed by atoms with Gasteiger partial charge in [0.15, 0.2) is 5.06 Å². The van der Waals surface area contributed by atoms with E-state index in [0.717, 1.165) is 22.7 Å². The number of cyclic esters (lactones) is 1. The summed E-state index contributed by atoms with van der Waals surface area (Å²) in [4.78, 5) is 40.7. The van der Waals surface area contributed by atoms with Gasteiger partial charge in [0, 0.05) is 25.8 Å². The standard InChI is InChI=1S/C20H20ClFN4O5S/c1-24-7-2-8-25(19(24)28)12-3-4-15(14(22)9-12)26-11-13(30-20(26)29)10-23-18(27)31-17-6-5-16(21)32-17/h3-6,9,13H,2,7-8,10-11H2,1H3,(H,23,27)/t13-/m0/s1. The van der Waals surface area contributed by atoms with Crippen molar-refractivity contribution >= 4 is 52.5 Å². The average molecular weight is 483 g/mol. The Morgan fingerprint density at radius 1 is 1.28 bits per heavy atom. The Balaban J connectivity index is 1.36. The summed E-state index contributed by atoms with van der Waals surface area (Å²) < 4.78 is 25.6. The van der Waals surface area contributed by atoms with Crippen molar-refractivity contribution in [2.45, 2.75) is 12.5 Å². The predicted octanol–water partition coefficient (Wildman–Crippen LogP) is 3.92. The molecular formula is C20H20ClFN4O5S. The largest absolute Gasteiger partial charge is 0.442 e. The van der Waals surface area contributed by atoms with E-state index in [9.17, 15) is 18.8 Å². The number of hydrogen-bond acceptors (Lipinski definition) is 6. The first-order chi connectivity index (χ1) is 15.3. The molecule has 0 unspecified atom stereocenters. The molecule has 1 N–H and O–H groups in total. The van der Waals surface area contributed by atoms with Gasteiger partial charge in [-0.1, -0.05) is 22.9 Å². The second kappa shape index (κ2) is 9.21. The highest BCUT2D eigenvalue weighted by Crippen LogP contribution is 2.30. The Hall–Kier alpha value is -3.05. The molecule has 2 aliphatic heterocycles. The molecule has 1 aromatic carbocycles. The van der Waals surface area contributed by atoms with E-state index in [0.29, 0.717) is 28.2 Å². The van der Waals surface area contributed by atoms with Crippen LogP contribution in [-0.4, -0.2) is 62.4 Å². The Labute approximate surface area is 192 Å². The van der Waals surface area contributed by atoms with Crippen molar-refractivity contribution < 1.29 is 28.2 Å². The van der Waals surface area contributed by atoms with Crippen molar-refractivity contribution in [1.82, 2.24) is 10.2 Å². The highest BCUT2D eigenvalue weighted by Gasteiger charge is 2.34. The number of thiophene rings is 1. The monoisotopic (exact) mass is 482 g/mol. The first kappa shape index (κ1) is 22.2. The van der Waals surface area contributed by atoms with Crippen LogP contribution in [0.2, 0.25) is 4.34 Å². The zero-order valence-electron chi connectivity index (χ0n) is 17.0. The number of urea groups is 1. The number of amides is 4. The van der Waals surface area contributed by atoms with E-state index in [1.165, 1.54) is 17.0 Å². The minimum atomic E-state index is -0.726. The number of carbonyl (C=O) groups excluding carboxylic acids is 3. The molecule has 0 radical (unpaired) electrons. The number of ether oxygens (including phenoxy) is 2. The van der Waals surface area contributed by atoms with E-state index in [-0.39, 0.29) is 24.8 Å². The first-order valence-corrected chi connectivity index (χ1v) is 11.0. The van der Waals surface area contributed by atoms with E-state index in [1.807, 2.05) is 0 Å². The lowest BCUT2D eigenvalue weighted by atomic mass is 10.2. The van der Waals surface area contributed by atoms with Gasteiger partial charge in [-0.3, -0.25) is 9.80 Å². The highest BCUT2D eigenvalue weighted by molar-refractivity contribution is 7.17. The van der Waals surface area contributed by atoms with Crippen LogP contribution in [0.25, 0.3) is 0 Å². The first-order valence-electron chi connectivity index (χ1n) is 9.83. The number of hydrogen-bond donors (Lipinski definition) is 1. The smallest absolute Gasteiger partial charge is 0.414 e. The topological polar surface area (TPSA) is 91.4 Å². The predicted molar refractivity (Wildman–Crippen MR) is 117 cm³/mol. The zero-order valence-corrected chi connectivity index (χ0v) is 18.6. The fraction of sp³-hybridized carbons (Fsp3) is 0.350. The van der Waals surface area contributed by atoms with Gasteiger partial charge in [-0.05, 0) is 36.8 Å². The molecule has 0 saturated carbocycles. The van der Waals surface area contributed by atoms with E-state index >= 15 is 0 Å². The van der Waals surface area contributed by atoms with Crippen molar-refractivity contribution in [1.29, 1.82) is 0 Å². The summed E-state index contributed by atoms with van der Waals surface area (Å²) >= 11 is 6.89. The summed E-state index contributed by atoms with van der Waals surface area (Å²) in [6.45, 7) is 1.19. The highest BCUT2D eigenvalue weighted by atomic mass is 35.5. The maximum atomic E-state index is 14.8. The summed E-state index contributed by atoms with van der Waals surface area (Å²) in [5.74, 6) is -0.650. The molecule has 32 heavy (non-hydrogen) atoms. The second-order valence-corrected chi connectivity index (χ2v) is 8.97. The van der Waals surface area contributed by atoms with Gasteiger partial charge in [-0.25, -0.2) is 18.8 Å². The van der Waals surface area contributed by atoms with Crippen molar-refractivity contribution in [3.63, 3.8) is 0 Å². The van der Waals surface area contributed by atoms with Crippen LogP contribution < -0.4 is 19.9 Å². The fourth-order valence-electron chi connectivity index (χ4n) is 3.49.